The van der Waals surface area contributed by atoms with E-state index in [2.05, 4.69) is 15.9 Å². The van der Waals surface area contributed by atoms with Gasteiger partial charge in [-0.1, -0.05) is 23.7 Å². The summed E-state index contributed by atoms with van der Waals surface area (Å²) in [6.07, 6.45) is 3.86. The lowest BCUT2D eigenvalue weighted by Gasteiger charge is -2.36. The van der Waals surface area contributed by atoms with Gasteiger partial charge in [0.15, 0.2) is 5.78 Å². The van der Waals surface area contributed by atoms with Gasteiger partial charge in [-0.05, 0) is 91.5 Å². The molecule has 0 saturated carbocycles. The summed E-state index contributed by atoms with van der Waals surface area (Å²) in [6, 6.07) is 19.6. The molecule has 2 saturated heterocycles. The number of carbonyl (C=O) groups is 2. The molecule has 3 aromatic carbocycles. The van der Waals surface area contributed by atoms with Crippen LogP contribution in [-0.2, 0) is 24.2 Å². The van der Waals surface area contributed by atoms with E-state index >= 15 is 0 Å². The van der Waals surface area contributed by atoms with Crippen molar-refractivity contribution in [2.45, 2.75) is 38.6 Å². The molecule has 2 heterocycles. The van der Waals surface area contributed by atoms with E-state index in [0.29, 0.717) is 54.4 Å². The van der Waals surface area contributed by atoms with E-state index in [1.165, 1.54) is 18.4 Å². The molecule has 8 heteroatoms. The molecule has 2 aliphatic rings. The summed E-state index contributed by atoms with van der Waals surface area (Å²) in [6.45, 7) is 6.03. The SMILES string of the molecule is COc1cc(CCC(=O)c2ccc(N3CCN(C(=O)Cc4ccc(CN5CCCC5)cc4Cl)CC3)cc2)cc(OC)c1. The summed E-state index contributed by atoms with van der Waals surface area (Å²) in [5.41, 5.74) is 4.86. The van der Waals surface area contributed by atoms with Crippen LogP contribution in [0, 0.1) is 0 Å². The van der Waals surface area contributed by atoms with E-state index in [4.69, 9.17) is 21.1 Å². The number of benzene rings is 3. The topological polar surface area (TPSA) is 62.3 Å². The van der Waals surface area contributed by atoms with Crippen LogP contribution in [0.5, 0.6) is 11.5 Å². The number of hydrogen-bond acceptors (Lipinski definition) is 6. The summed E-state index contributed by atoms with van der Waals surface area (Å²) in [4.78, 5) is 32.6. The third kappa shape index (κ3) is 7.64. The van der Waals surface area contributed by atoms with Gasteiger partial charge >= 0.3 is 0 Å². The van der Waals surface area contributed by atoms with Gasteiger partial charge in [0, 0.05) is 61.5 Å². The third-order valence-electron chi connectivity index (χ3n) is 8.30. The van der Waals surface area contributed by atoms with Gasteiger partial charge in [0.05, 0.1) is 20.6 Å². The van der Waals surface area contributed by atoms with Crippen molar-refractivity contribution in [3.05, 3.63) is 87.9 Å². The van der Waals surface area contributed by atoms with E-state index in [-0.39, 0.29) is 11.7 Å². The second kappa shape index (κ2) is 14.1. The fourth-order valence-corrected chi connectivity index (χ4v) is 6.06. The summed E-state index contributed by atoms with van der Waals surface area (Å²) in [5, 5.41) is 0.677. The van der Waals surface area contributed by atoms with Crippen LogP contribution >= 0.6 is 11.6 Å². The number of aryl methyl sites for hydroxylation is 1. The first-order chi connectivity index (χ1) is 20.4. The minimum Gasteiger partial charge on any atom is -0.497 e. The predicted octanol–water partition coefficient (Wildman–Crippen LogP) is 5.66. The largest absolute Gasteiger partial charge is 0.497 e. The van der Waals surface area contributed by atoms with Gasteiger partial charge in [-0.3, -0.25) is 14.5 Å². The molecule has 42 heavy (non-hydrogen) atoms. The molecule has 2 fully saturated rings. The number of ketones is 1. The fourth-order valence-electron chi connectivity index (χ4n) is 5.79. The monoisotopic (exact) mass is 589 g/mol. The minimum absolute atomic E-state index is 0.0986. The maximum absolute atomic E-state index is 13.1. The lowest BCUT2D eigenvalue weighted by Crippen LogP contribution is -2.49. The van der Waals surface area contributed by atoms with Crippen molar-refractivity contribution in [2.24, 2.45) is 0 Å². The highest BCUT2D eigenvalue weighted by Gasteiger charge is 2.22. The Morgan fingerprint density at radius 3 is 2.07 bits per heavy atom. The summed E-state index contributed by atoms with van der Waals surface area (Å²) in [7, 11) is 3.24. The smallest absolute Gasteiger partial charge is 0.227 e. The zero-order valence-corrected chi connectivity index (χ0v) is 25.4. The van der Waals surface area contributed by atoms with Crippen LogP contribution in [0.1, 0.15) is 46.3 Å². The van der Waals surface area contributed by atoms with Crippen LogP contribution in [0.4, 0.5) is 5.69 Å². The second-order valence-corrected chi connectivity index (χ2v) is 11.6. The molecule has 0 N–H and O–H groups in total. The molecule has 5 rings (SSSR count). The van der Waals surface area contributed by atoms with Gasteiger partial charge < -0.3 is 19.3 Å². The van der Waals surface area contributed by atoms with E-state index in [0.717, 1.165) is 49.5 Å². The van der Waals surface area contributed by atoms with Crippen molar-refractivity contribution >= 4 is 29.0 Å². The maximum Gasteiger partial charge on any atom is 0.227 e. The highest BCUT2D eigenvalue weighted by atomic mass is 35.5. The molecule has 2 aliphatic heterocycles. The number of nitrogens with zero attached hydrogens (tertiary/aromatic N) is 3. The first-order valence-corrected chi connectivity index (χ1v) is 15.2. The molecule has 0 aliphatic carbocycles. The van der Waals surface area contributed by atoms with Crippen LogP contribution in [0.3, 0.4) is 0 Å². The lowest BCUT2D eigenvalue weighted by atomic mass is 10.0. The Balaban J connectivity index is 1.09. The Labute approximate surface area is 254 Å². The third-order valence-corrected chi connectivity index (χ3v) is 8.65. The molecule has 3 aromatic rings. The molecule has 222 valence electrons. The molecule has 0 bridgehead atoms. The Bertz CT molecular complexity index is 1360. The number of Topliss-reactive ketones (excluding diaryl/α,β-unsaturated/α-hetero) is 1. The number of ether oxygens (including phenoxy) is 2. The minimum atomic E-state index is 0.0986. The Hall–Kier alpha value is -3.55. The number of anilines is 1. The quantitative estimate of drug-likeness (QED) is 0.269. The van der Waals surface area contributed by atoms with Gasteiger partial charge in [0.25, 0.3) is 0 Å². The van der Waals surface area contributed by atoms with E-state index in [9.17, 15) is 9.59 Å². The molecule has 0 aromatic heterocycles. The average molecular weight is 590 g/mol. The predicted molar refractivity (Wildman–Crippen MR) is 167 cm³/mol. The molecule has 0 spiro atoms. The number of halogens is 1. The van der Waals surface area contributed by atoms with Crippen LogP contribution in [-0.4, -0.2) is 75.0 Å². The van der Waals surface area contributed by atoms with Gasteiger partial charge in [0.1, 0.15) is 11.5 Å². The van der Waals surface area contributed by atoms with Gasteiger partial charge in [-0.15, -0.1) is 0 Å². The van der Waals surface area contributed by atoms with Gasteiger partial charge in [-0.2, -0.15) is 0 Å². The zero-order chi connectivity index (χ0) is 29.5. The van der Waals surface area contributed by atoms with E-state index in [1.54, 1.807) is 14.2 Å². The number of hydrogen-bond donors (Lipinski definition) is 0. The molecular formula is C34H40ClN3O4. The van der Waals surface area contributed by atoms with Crippen LogP contribution in [0.25, 0.3) is 0 Å². The summed E-state index contributed by atoms with van der Waals surface area (Å²) < 4.78 is 10.7. The van der Waals surface area contributed by atoms with Crippen molar-refractivity contribution in [1.29, 1.82) is 0 Å². The summed E-state index contributed by atoms with van der Waals surface area (Å²) >= 11 is 6.58. The number of amides is 1. The highest BCUT2D eigenvalue weighted by molar-refractivity contribution is 6.31. The zero-order valence-electron chi connectivity index (χ0n) is 24.6. The van der Waals surface area contributed by atoms with E-state index < -0.39 is 0 Å². The average Bonchev–Trinajstić information content (AvgIpc) is 3.54. The van der Waals surface area contributed by atoms with Crippen molar-refractivity contribution in [2.75, 3.05) is 58.4 Å². The molecular weight excluding hydrogens is 550 g/mol. The van der Waals surface area contributed by atoms with Crippen molar-refractivity contribution in [3.8, 4) is 11.5 Å². The maximum atomic E-state index is 13.1. The molecule has 0 radical (unpaired) electrons. The summed E-state index contributed by atoms with van der Waals surface area (Å²) in [5.74, 6) is 1.64. The second-order valence-electron chi connectivity index (χ2n) is 11.1. The van der Waals surface area contributed by atoms with Crippen LogP contribution in [0.2, 0.25) is 5.02 Å². The Morgan fingerprint density at radius 2 is 1.45 bits per heavy atom. The highest BCUT2D eigenvalue weighted by Crippen LogP contribution is 2.25. The molecule has 1 amide bonds. The van der Waals surface area contributed by atoms with Crippen LogP contribution in [0.15, 0.2) is 60.7 Å². The molecule has 0 unspecified atom stereocenters. The Morgan fingerprint density at radius 1 is 0.786 bits per heavy atom. The first kappa shape index (κ1) is 29.9. The number of methoxy groups -OCH3 is 2. The van der Waals surface area contributed by atoms with Gasteiger partial charge in [0.2, 0.25) is 5.91 Å². The fraction of sp³-hybridized carbons (Fsp3) is 0.412. The number of carbonyl (C=O) groups excluding carboxylic acids is 2. The number of piperazine rings is 1. The van der Waals surface area contributed by atoms with Crippen molar-refractivity contribution in [3.63, 3.8) is 0 Å². The van der Waals surface area contributed by atoms with Crippen molar-refractivity contribution in [1.82, 2.24) is 9.80 Å². The number of rotatable bonds is 11. The van der Waals surface area contributed by atoms with E-state index in [1.807, 2.05) is 59.5 Å². The lowest BCUT2D eigenvalue weighted by molar-refractivity contribution is -0.130. The molecule has 0 atom stereocenters. The Kier molecular flexibility index (Phi) is 10.0. The first-order valence-electron chi connectivity index (χ1n) is 14.8. The van der Waals surface area contributed by atoms with Gasteiger partial charge in [-0.25, -0.2) is 0 Å². The van der Waals surface area contributed by atoms with Crippen molar-refractivity contribution < 1.29 is 19.1 Å². The molecule has 7 nitrogen and oxygen atoms in total. The normalized spacial score (nSPS) is 15.6. The standard InChI is InChI=1S/C34H40ClN3O4/c1-41-30-19-25(20-31(23-30)42-2)6-12-33(39)27-8-10-29(11-9-27)37-15-17-38(18-16-37)34(40)22-28-7-5-26(21-32(28)35)24-36-13-3-4-14-36/h5,7-11,19-21,23H,3-4,6,12-18,22,24H2,1-2H3. The number of likely N-dealkylation sites (tertiary alicyclic amines) is 1. The van der Waals surface area contributed by atoms with Crippen LogP contribution < -0.4 is 14.4 Å².